The van der Waals surface area contributed by atoms with E-state index >= 15 is 0 Å². The summed E-state index contributed by atoms with van der Waals surface area (Å²) >= 11 is 0. The molecule has 0 spiro atoms. The Balaban J connectivity index is 1.59. The number of para-hydroxylation sites is 1. The number of aliphatic hydroxyl groups excluding tert-OH is 1. The number of aliphatic hydroxyl groups is 1. The molecule has 8 heteroatoms. The van der Waals surface area contributed by atoms with Crippen molar-refractivity contribution in [3.63, 3.8) is 0 Å². The van der Waals surface area contributed by atoms with Crippen molar-refractivity contribution in [2.45, 2.75) is 141 Å². The summed E-state index contributed by atoms with van der Waals surface area (Å²) in [7, 11) is -2.15. The van der Waals surface area contributed by atoms with E-state index in [2.05, 4.69) is 40.8 Å². The Morgan fingerprint density at radius 3 is 2.08 bits per heavy atom. The molecule has 0 amide bonds. The van der Waals surface area contributed by atoms with Crippen LogP contribution in [0, 0.1) is 11.3 Å². The van der Waals surface area contributed by atoms with Crippen molar-refractivity contribution >= 4 is 20.3 Å². The van der Waals surface area contributed by atoms with Crippen molar-refractivity contribution in [2.75, 3.05) is 6.61 Å². The highest BCUT2D eigenvalue weighted by atomic mass is 28.4. The maximum Gasteiger partial charge on any atom is 0.338 e. The first kappa shape index (κ1) is 42.3. The zero-order chi connectivity index (χ0) is 38.5. The molecule has 0 aliphatic heterocycles. The summed E-state index contributed by atoms with van der Waals surface area (Å²) in [5, 5.41) is 21.1. The fraction of sp³-hybridized carbons (Fsp3) is 0.556. The third-order valence-electron chi connectivity index (χ3n) is 11.8. The predicted octanol–water partition coefficient (Wildman–Crippen LogP) is 11.1. The number of ether oxygens (including phenoxy) is 2. The molecule has 1 fully saturated rings. The number of hydrogen-bond donors (Lipinski definition) is 2. The van der Waals surface area contributed by atoms with Crippen LogP contribution in [0.2, 0.25) is 18.1 Å². The highest BCUT2D eigenvalue weighted by Crippen LogP contribution is 2.54. The molecule has 1 aliphatic rings. The van der Waals surface area contributed by atoms with Gasteiger partial charge in [0.2, 0.25) is 0 Å². The summed E-state index contributed by atoms with van der Waals surface area (Å²) in [6.07, 6.45) is 7.66. The largest absolute Gasteiger partial charge is 0.491 e. The van der Waals surface area contributed by atoms with Gasteiger partial charge in [0.25, 0.3) is 0 Å². The number of aliphatic carboxylic acids is 1. The van der Waals surface area contributed by atoms with E-state index in [0.717, 1.165) is 74.7 Å². The third-order valence-corrected chi connectivity index (χ3v) is 16.3. The van der Waals surface area contributed by atoms with E-state index in [1.165, 1.54) is 0 Å². The molecule has 0 heterocycles. The minimum Gasteiger partial charge on any atom is -0.491 e. The SMILES string of the molecule is CCCC[C@]1(CCCCCCC(=O)O)[C@@H](OC(=O)c2ccc(-c3ccccc3)cc2)CC(O)[C@@H]1CCC(COc1ccccc1)O[Si](C)(C)C(C)(C)C. The maximum absolute atomic E-state index is 13.8. The Kier molecular flexibility index (Phi) is 15.7. The van der Waals surface area contributed by atoms with Crippen LogP contribution in [0.5, 0.6) is 5.75 Å². The Hall–Kier alpha value is -3.46. The molecular weight excluding hydrogens is 681 g/mol. The lowest BCUT2D eigenvalue weighted by molar-refractivity contribution is -0.137. The number of hydrogen-bond acceptors (Lipinski definition) is 6. The number of esters is 1. The van der Waals surface area contributed by atoms with Gasteiger partial charge in [-0.2, -0.15) is 0 Å². The van der Waals surface area contributed by atoms with Crippen LogP contribution < -0.4 is 4.74 Å². The number of benzene rings is 3. The molecule has 2 unspecified atom stereocenters. The molecule has 7 nitrogen and oxygen atoms in total. The van der Waals surface area contributed by atoms with Crippen LogP contribution in [0.4, 0.5) is 0 Å². The maximum atomic E-state index is 13.8. The van der Waals surface area contributed by atoms with E-state index in [1.807, 2.05) is 84.9 Å². The van der Waals surface area contributed by atoms with E-state index in [0.29, 0.717) is 25.0 Å². The van der Waals surface area contributed by atoms with Gasteiger partial charge >= 0.3 is 11.9 Å². The molecular formula is C45H64O7Si. The smallest absolute Gasteiger partial charge is 0.338 e. The Bertz CT molecular complexity index is 1540. The van der Waals surface area contributed by atoms with Crippen LogP contribution in [0.25, 0.3) is 11.1 Å². The average Bonchev–Trinajstić information content (AvgIpc) is 3.38. The predicted molar refractivity (Wildman–Crippen MR) is 216 cm³/mol. The molecule has 1 aliphatic carbocycles. The van der Waals surface area contributed by atoms with Crippen molar-refractivity contribution in [3.05, 3.63) is 90.5 Å². The van der Waals surface area contributed by atoms with Crippen molar-refractivity contribution in [3.8, 4) is 16.9 Å². The lowest BCUT2D eigenvalue weighted by Gasteiger charge is -2.42. The Labute approximate surface area is 319 Å². The molecule has 5 atom stereocenters. The highest BCUT2D eigenvalue weighted by molar-refractivity contribution is 6.74. The second-order valence-corrected chi connectivity index (χ2v) is 21.3. The fourth-order valence-electron chi connectivity index (χ4n) is 7.76. The van der Waals surface area contributed by atoms with Gasteiger partial charge in [-0.15, -0.1) is 0 Å². The first-order valence-electron chi connectivity index (χ1n) is 19.9. The molecule has 3 aromatic rings. The van der Waals surface area contributed by atoms with Crippen molar-refractivity contribution in [1.29, 1.82) is 0 Å². The van der Waals surface area contributed by atoms with Gasteiger partial charge in [0.1, 0.15) is 18.5 Å². The van der Waals surface area contributed by atoms with Gasteiger partial charge in [0, 0.05) is 18.3 Å². The highest BCUT2D eigenvalue weighted by Gasteiger charge is 2.55. The van der Waals surface area contributed by atoms with Crippen LogP contribution in [0.1, 0.15) is 115 Å². The number of carboxylic acids is 1. The number of carbonyl (C=O) groups is 2. The Morgan fingerprint density at radius 1 is 0.849 bits per heavy atom. The van der Waals surface area contributed by atoms with E-state index in [-0.39, 0.29) is 29.5 Å². The molecule has 2 N–H and O–H groups in total. The zero-order valence-corrected chi connectivity index (χ0v) is 34.0. The monoisotopic (exact) mass is 744 g/mol. The summed E-state index contributed by atoms with van der Waals surface area (Å²) < 4.78 is 19.8. The molecule has 0 aromatic heterocycles. The lowest BCUT2D eigenvalue weighted by atomic mass is 9.67. The molecule has 0 bridgehead atoms. The first-order valence-corrected chi connectivity index (χ1v) is 22.8. The number of carbonyl (C=O) groups excluding carboxylic acids is 1. The van der Waals surface area contributed by atoms with Crippen LogP contribution in [0.3, 0.4) is 0 Å². The standard InChI is InChI=1S/C45H64O7Si/c1-7-8-30-45(31-18-10-9-17-23-42(47)48)39(29-28-38(52-53(5,6)44(2,3)4)33-50-37-21-15-12-16-22-37)40(46)32-41(45)51-43(49)36-26-24-35(25-27-36)34-19-13-11-14-20-34/h11-16,19-22,24-27,38-41,46H,7-10,17-18,23,28-33H2,1-6H3,(H,47,48)/t38?,39-,40?,41-,45+/m0/s1. The normalized spacial score (nSPS) is 20.9. The molecule has 53 heavy (non-hydrogen) atoms. The van der Waals surface area contributed by atoms with E-state index in [4.69, 9.17) is 19.0 Å². The van der Waals surface area contributed by atoms with Crippen LogP contribution in [-0.4, -0.2) is 55.4 Å². The molecule has 290 valence electrons. The van der Waals surface area contributed by atoms with Gasteiger partial charge in [-0.05, 0) is 91.5 Å². The molecule has 4 rings (SSSR count). The third kappa shape index (κ3) is 12.0. The second kappa shape index (κ2) is 19.7. The van der Waals surface area contributed by atoms with Gasteiger partial charge < -0.3 is 24.1 Å². The number of rotatable bonds is 21. The molecule has 3 aromatic carbocycles. The zero-order valence-electron chi connectivity index (χ0n) is 33.0. The minimum atomic E-state index is -2.15. The van der Waals surface area contributed by atoms with Crippen LogP contribution in [0.15, 0.2) is 84.9 Å². The van der Waals surface area contributed by atoms with Crippen molar-refractivity contribution in [2.24, 2.45) is 11.3 Å². The second-order valence-electron chi connectivity index (χ2n) is 16.6. The quantitative estimate of drug-likeness (QED) is 0.0636. The summed E-state index contributed by atoms with van der Waals surface area (Å²) in [5.74, 6) is -0.409. The summed E-state index contributed by atoms with van der Waals surface area (Å²) in [6.45, 7) is 13.9. The molecule has 0 saturated heterocycles. The average molecular weight is 745 g/mol. The molecule has 1 saturated carbocycles. The molecule has 0 radical (unpaired) electrons. The van der Waals surface area contributed by atoms with Crippen molar-refractivity contribution < 1.29 is 33.7 Å². The number of carboxylic acid groups (broad SMARTS) is 1. The van der Waals surface area contributed by atoms with Gasteiger partial charge in [-0.3, -0.25) is 4.79 Å². The fourth-order valence-corrected chi connectivity index (χ4v) is 9.13. The van der Waals surface area contributed by atoms with Crippen LogP contribution in [-0.2, 0) is 14.0 Å². The number of unbranched alkanes of at least 4 members (excludes halogenated alkanes) is 4. The first-order chi connectivity index (χ1) is 25.3. The summed E-state index contributed by atoms with van der Waals surface area (Å²) in [5.41, 5.74) is 2.20. The lowest BCUT2D eigenvalue weighted by Crippen LogP contribution is -2.46. The van der Waals surface area contributed by atoms with Gasteiger partial charge in [-0.25, -0.2) is 4.79 Å². The van der Waals surface area contributed by atoms with E-state index in [1.54, 1.807) is 0 Å². The summed E-state index contributed by atoms with van der Waals surface area (Å²) in [4.78, 5) is 25.0. The van der Waals surface area contributed by atoms with Gasteiger partial charge in [0.15, 0.2) is 8.32 Å². The van der Waals surface area contributed by atoms with Crippen molar-refractivity contribution in [1.82, 2.24) is 0 Å². The van der Waals surface area contributed by atoms with E-state index < -0.39 is 31.9 Å². The van der Waals surface area contributed by atoms with Gasteiger partial charge in [-0.1, -0.05) is 120 Å². The topological polar surface area (TPSA) is 102 Å². The Morgan fingerprint density at radius 2 is 1.45 bits per heavy atom. The van der Waals surface area contributed by atoms with Crippen LogP contribution >= 0.6 is 0 Å². The van der Waals surface area contributed by atoms with E-state index in [9.17, 15) is 14.7 Å². The minimum absolute atomic E-state index is 0.0228. The summed E-state index contributed by atoms with van der Waals surface area (Å²) in [6, 6.07) is 27.5. The van der Waals surface area contributed by atoms with Gasteiger partial charge in [0.05, 0.1) is 17.8 Å².